The summed E-state index contributed by atoms with van der Waals surface area (Å²) in [7, 11) is 0. The summed E-state index contributed by atoms with van der Waals surface area (Å²) < 4.78 is 5.25. The number of hydrogen-bond acceptors (Lipinski definition) is 2. The van der Waals surface area contributed by atoms with Crippen LogP contribution in [0.4, 0.5) is 0 Å². The van der Waals surface area contributed by atoms with E-state index in [-0.39, 0.29) is 55.8 Å². The Hall–Kier alpha value is 1.10. The molecule has 0 aliphatic rings. The fourth-order valence-electron chi connectivity index (χ4n) is 0.589. The van der Waals surface area contributed by atoms with Crippen LogP contribution in [0.5, 0.6) is 5.75 Å². The average molecular weight is 210 g/mol. The SMILES string of the molecule is S=C(S)Oc1ccccc1.[KH]. The molecule has 0 heterocycles. The van der Waals surface area contributed by atoms with E-state index >= 15 is 0 Å². The van der Waals surface area contributed by atoms with Crippen LogP contribution < -0.4 is 4.74 Å². The van der Waals surface area contributed by atoms with Gasteiger partial charge in [0.25, 0.3) is 0 Å². The second-order valence-electron chi connectivity index (χ2n) is 1.68. The molecule has 0 bridgehead atoms. The summed E-state index contributed by atoms with van der Waals surface area (Å²) in [5.41, 5.74) is 0. The number of rotatable bonds is 1. The van der Waals surface area contributed by atoms with E-state index in [9.17, 15) is 0 Å². The standard InChI is InChI=1S/C7H6OS2.K.H/c9-7(10)8-6-4-2-1-3-5-6;;/h1-5H,(H,9,10);;. The first-order valence-electron chi connectivity index (χ1n) is 2.75. The number of thiol groups is 1. The van der Waals surface area contributed by atoms with E-state index in [4.69, 9.17) is 4.74 Å². The van der Waals surface area contributed by atoms with E-state index in [0.29, 0.717) is 0 Å². The van der Waals surface area contributed by atoms with Crippen molar-refractivity contribution < 1.29 is 4.74 Å². The van der Waals surface area contributed by atoms with Crippen molar-refractivity contribution in [3.8, 4) is 5.75 Å². The van der Waals surface area contributed by atoms with Gasteiger partial charge in [-0.2, -0.15) is 0 Å². The van der Waals surface area contributed by atoms with Crippen molar-refractivity contribution in [1.82, 2.24) is 0 Å². The third-order valence-electron chi connectivity index (χ3n) is 0.948. The van der Waals surface area contributed by atoms with E-state index in [0.717, 1.165) is 5.75 Å². The van der Waals surface area contributed by atoms with Crippen LogP contribution in [0.25, 0.3) is 0 Å². The maximum atomic E-state index is 5.01. The molecule has 11 heavy (non-hydrogen) atoms. The van der Waals surface area contributed by atoms with Gasteiger partial charge in [0.2, 0.25) is 4.38 Å². The van der Waals surface area contributed by atoms with Gasteiger partial charge in [-0.15, -0.1) is 0 Å². The molecule has 4 heteroatoms. The van der Waals surface area contributed by atoms with E-state index in [2.05, 4.69) is 24.8 Å². The molecule has 0 atom stereocenters. The zero-order chi connectivity index (χ0) is 7.40. The normalized spacial score (nSPS) is 8.09. The van der Waals surface area contributed by atoms with E-state index < -0.39 is 0 Å². The maximum absolute atomic E-state index is 5.01. The number of para-hydroxylation sites is 1. The Morgan fingerprint density at radius 1 is 1.27 bits per heavy atom. The van der Waals surface area contributed by atoms with Crippen LogP contribution in [0.1, 0.15) is 0 Å². The molecule has 0 aromatic heterocycles. The Labute approximate surface area is 119 Å². The van der Waals surface area contributed by atoms with Crippen molar-refractivity contribution in [1.29, 1.82) is 0 Å². The average Bonchev–Trinajstić information content (AvgIpc) is 1.88. The molecule has 0 radical (unpaired) electrons. The van der Waals surface area contributed by atoms with Crippen LogP contribution in [0, 0.1) is 0 Å². The summed E-state index contributed by atoms with van der Waals surface area (Å²) in [5.74, 6) is 0.725. The topological polar surface area (TPSA) is 9.23 Å². The molecule has 1 nitrogen and oxygen atoms in total. The molecule has 0 aliphatic heterocycles. The van der Waals surface area contributed by atoms with Gasteiger partial charge < -0.3 is 4.74 Å². The summed E-state index contributed by atoms with van der Waals surface area (Å²) in [4.78, 5) is 0. The summed E-state index contributed by atoms with van der Waals surface area (Å²) in [6, 6.07) is 9.31. The number of ether oxygens (including phenoxy) is 1. The molecule has 0 fully saturated rings. The zero-order valence-corrected chi connectivity index (χ0v) is 6.86. The van der Waals surface area contributed by atoms with Gasteiger partial charge in [0.15, 0.2) is 0 Å². The first kappa shape index (κ1) is 12.1. The molecule has 1 aromatic rings. The molecule has 0 spiro atoms. The van der Waals surface area contributed by atoms with Gasteiger partial charge in [-0.25, -0.2) is 0 Å². The molecule has 1 aromatic carbocycles. The molecular formula is C7H7KOS2. The molecule has 0 unspecified atom stereocenters. The molecule has 1 rings (SSSR count). The van der Waals surface area contributed by atoms with E-state index in [1.165, 1.54) is 0 Å². The minimum atomic E-state index is 0. The summed E-state index contributed by atoms with van der Waals surface area (Å²) in [5, 5.41) is 0. The Kier molecular flexibility index (Phi) is 7.25. The Morgan fingerprint density at radius 2 is 1.82 bits per heavy atom. The van der Waals surface area contributed by atoms with Crippen molar-refractivity contribution in [2.75, 3.05) is 0 Å². The summed E-state index contributed by atoms with van der Waals surface area (Å²) in [6.45, 7) is 0. The third kappa shape index (κ3) is 5.35. The fourth-order valence-corrected chi connectivity index (χ4v) is 0.791. The summed E-state index contributed by atoms with van der Waals surface area (Å²) in [6.07, 6.45) is 0. The van der Waals surface area contributed by atoms with Crippen molar-refractivity contribution >= 4 is 80.6 Å². The molecule has 0 amide bonds. The molecular weight excluding hydrogens is 203 g/mol. The monoisotopic (exact) mass is 210 g/mol. The first-order valence-corrected chi connectivity index (χ1v) is 3.60. The van der Waals surface area contributed by atoms with Gasteiger partial charge in [-0.05, 0) is 24.4 Å². The second kappa shape index (κ2) is 6.59. The van der Waals surface area contributed by atoms with Crippen LogP contribution in [-0.4, -0.2) is 55.8 Å². The molecule has 0 saturated heterocycles. The zero-order valence-electron chi connectivity index (χ0n) is 5.15. The third-order valence-corrected chi connectivity index (χ3v) is 1.12. The number of hydrogen-bond donors (Lipinski definition) is 1. The van der Waals surface area contributed by atoms with Crippen LogP contribution >= 0.6 is 24.8 Å². The van der Waals surface area contributed by atoms with Crippen LogP contribution in [0.2, 0.25) is 0 Å². The summed E-state index contributed by atoms with van der Waals surface area (Å²) >= 11 is 8.44. The molecule has 0 N–H and O–H groups in total. The molecule has 54 valence electrons. The fraction of sp³-hybridized carbons (Fsp3) is 0. The van der Waals surface area contributed by atoms with Crippen molar-refractivity contribution in [3.05, 3.63) is 30.3 Å². The molecule has 0 saturated carbocycles. The van der Waals surface area contributed by atoms with Gasteiger partial charge >= 0.3 is 51.4 Å². The van der Waals surface area contributed by atoms with Crippen molar-refractivity contribution in [2.24, 2.45) is 0 Å². The predicted molar refractivity (Wildman–Crippen MR) is 55.8 cm³/mol. The quantitative estimate of drug-likeness (QED) is 0.429. The van der Waals surface area contributed by atoms with Gasteiger partial charge in [0.05, 0.1) is 0 Å². The predicted octanol–water partition coefficient (Wildman–Crippen LogP) is 1.63. The van der Waals surface area contributed by atoms with Gasteiger partial charge in [-0.1, -0.05) is 30.8 Å². The second-order valence-corrected chi connectivity index (χ2v) is 2.76. The van der Waals surface area contributed by atoms with Crippen molar-refractivity contribution in [2.45, 2.75) is 0 Å². The van der Waals surface area contributed by atoms with Gasteiger partial charge in [-0.3, -0.25) is 0 Å². The van der Waals surface area contributed by atoms with Crippen LogP contribution in [0.15, 0.2) is 30.3 Å². The first-order chi connectivity index (χ1) is 4.79. The Morgan fingerprint density at radius 3 is 2.27 bits per heavy atom. The van der Waals surface area contributed by atoms with E-state index in [1.54, 1.807) is 0 Å². The Bertz CT molecular complexity index is 225. The Balaban J connectivity index is 0.000001000. The van der Waals surface area contributed by atoms with E-state index in [1.807, 2.05) is 30.3 Å². The number of benzene rings is 1. The van der Waals surface area contributed by atoms with Gasteiger partial charge in [0, 0.05) is 0 Å². The van der Waals surface area contributed by atoms with Gasteiger partial charge in [0.1, 0.15) is 5.75 Å². The minimum absolute atomic E-state index is 0. The molecule has 0 aliphatic carbocycles. The van der Waals surface area contributed by atoms with Crippen molar-refractivity contribution in [3.63, 3.8) is 0 Å². The van der Waals surface area contributed by atoms with Crippen LogP contribution in [0.3, 0.4) is 0 Å². The van der Waals surface area contributed by atoms with Crippen LogP contribution in [-0.2, 0) is 0 Å². The number of thiocarbonyl (C=S) groups is 1.